The molecule has 0 aliphatic carbocycles. The Morgan fingerprint density at radius 2 is 1.56 bits per heavy atom. The van der Waals surface area contributed by atoms with Gasteiger partial charge < -0.3 is 14.6 Å². The third-order valence-electron chi connectivity index (χ3n) is 5.88. The lowest BCUT2D eigenvalue weighted by molar-refractivity contribution is -0.120. The van der Waals surface area contributed by atoms with Crippen molar-refractivity contribution in [2.24, 2.45) is 0 Å². The Morgan fingerprint density at radius 1 is 0.824 bits per heavy atom. The molecule has 0 saturated heterocycles. The van der Waals surface area contributed by atoms with Crippen LogP contribution in [0.4, 0.5) is 0 Å². The molecule has 0 spiro atoms. The Bertz CT molecular complexity index is 1160. The zero-order chi connectivity index (χ0) is 23.4. The van der Waals surface area contributed by atoms with Crippen LogP contribution in [0.5, 0.6) is 5.75 Å². The highest BCUT2D eigenvalue weighted by atomic mass is 16.5. The Kier molecular flexibility index (Phi) is 8.72. The SMILES string of the molecule is O=C(Cc1ccccc1)NCCCCCc1nc2ccccc2n1CCCOc1ccccc1. The minimum Gasteiger partial charge on any atom is -0.494 e. The summed E-state index contributed by atoms with van der Waals surface area (Å²) >= 11 is 0. The highest BCUT2D eigenvalue weighted by Crippen LogP contribution is 2.19. The topological polar surface area (TPSA) is 56.2 Å². The number of carbonyl (C=O) groups is 1. The van der Waals surface area contributed by atoms with Crippen molar-refractivity contribution in [3.63, 3.8) is 0 Å². The summed E-state index contributed by atoms with van der Waals surface area (Å²) in [4.78, 5) is 17.0. The highest BCUT2D eigenvalue weighted by Gasteiger charge is 2.10. The van der Waals surface area contributed by atoms with Gasteiger partial charge in [0.1, 0.15) is 11.6 Å². The molecule has 0 bridgehead atoms. The quantitative estimate of drug-likeness (QED) is 0.268. The average molecular weight is 456 g/mol. The van der Waals surface area contributed by atoms with Crippen molar-refractivity contribution >= 4 is 16.9 Å². The van der Waals surface area contributed by atoms with Gasteiger partial charge in [-0.25, -0.2) is 4.98 Å². The molecular formula is C29H33N3O2. The number of imidazole rings is 1. The summed E-state index contributed by atoms with van der Waals surface area (Å²) < 4.78 is 8.21. The number of hydrogen-bond acceptors (Lipinski definition) is 3. The third-order valence-corrected chi connectivity index (χ3v) is 5.88. The Labute approximate surface area is 201 Å². The summed E-state index contributed by atoms with van der Waals surface area (Å²) in [6.07, 6.45) is 5.40. The average Bonchev–Trinajstić information content (AvgIpc) is 3.22. The van der Waals surface area contributed by atoms with Gasteiger partial charge in [-0.3, -0.25) is 4.79 Å². The second-order valence-corrected chi connectivity index (χ2v) is 8.51. The molecule has 1 N–H and O–H groups in total. The normalized spacial score (nSPS) is 10.9. The van der Waals surface area contributed by atoms with E-state index in [-0.39, 0.29) is 5.91 Å². The van der Waals surface area contributed by atoms with E-state index in [9.17, 15) is 4.79 Å². The van der Waals surface area contributed by atoms with Gasteiger partial charge in [-0.15, -0.1) is 0 Å². The van der Waals surface area contributed by atoms with Crippen molar-refractivity contribution in [1.29, 1.82) is 0 Å². The molecule has 0 aliphatic rings. The number of hydrogen-bond donors (Lipinski definition) is 1. The van der Waals surface area contributed by atoms with E-state index in [0.717, 1.165) is 67.8 Å². The maximum Gasteiger partial charge on any atom is 0.224 e. The van der Waals surface area contributed by atoms with E-state index >= 15 is 0 Å². The third kappa shape index (κ3) is 6.95. The maximum absolute atomic E-state index is 12.1. The fourth-order valence-corrected chi connectivity index (χ4v) is 4.15. The molecule has 3 aromatic carbocycles. The van der Waals surface area contributed by atoms with Crippen LogP contribution in [-0.2, 0) is 24.2 Å². The van der Waals surface area contributed by atoms with Crippen LogP contribution >= 0.6 is 0 Å². The molecule has 4 aromatic rings. The number of aromatic nitrogens is 2. The largest absolute Gasteiger partial charge is 0.494 e. The molecule has 0 saturated carbocycles. The van der Waals surface area contributed by atoms with Crippen molar-refractivity contribution in [1.82, 2.24) is 14.9 Å². The zero-order valence-corrected chi connectivity index (χ0v) is 19.7. The monoisotopic (exact) mass is 455 g/mol. The number of nitrogens with zero attached hydrogens (tertiary/aromatic N) is 2. The number of carbonyl (C=O) groups excluding carboxylic acids is 1. The van der Waals surface area contributed by atoms with Crippen molar-refractivity contribution in [2.75, 3.05) is 13.2 Å². The van der Waals surface area contributed by atoms with Crippen LogP contribution in [0.2, 0.25) is 0 Å². The number of unbranched alkanes of at least 4 members (excludes halogenated alkanes) is 2. The van der Waals surface area contributed by atoms with Gasteiger partial charge in [0.05, 0.1) is 24.1 Å². The molecule has 1 heterocycles. The van der Waals surface area contributed by atoms with E-state index in [1.54, 1.807) is 0 Å². The molecule has 5 nitrogen and oxygen atoms in total. The van der Waals surface area contributed by atoms with Crippen LogP contribution in [0.15, 0.2) is 84.9 Å². The number of aryl methyl sites for hydroxylation is 2. The molecule has 0 radical (unpaired) electrons. The number of fused-ring (bicyclic) bond motifs is 1. The highest BCUT2D eigenvalue weighted by molar-refractivity contribution is 5.78. The smallest absolute Gasteiger partial charge is 0.224 e. The Morgan fingerprint density at radius 3 is 2.38 bits per heavy atom. The number of nitrogens with one attached hydrogen (secondary N) is 1. The van der Waals surface area contributed by atoms with Crippen LogP contribution in [0.1, 0.15) is 37.1 Å². The van der Waals surface area contributed by atoms with Crippen LogP contribution in [-0.4, -0.2) is 28.6 Å². The molecule has 0 unspecified atom stereocenters. The first-order valence-electron chi connectivity index (χ1n) is 12.2. The molecule has 1 amide bonds. The fourth-order valence-electron chi connectivity index (χ4n) is 4.15. The van der Waals surface area contributed by atoms with Gasteiger partial charge in [0.25, 0.3) is 0 Å². The molecule has 34 heavy (non-hydrogen) atoms. The van der Waals surface area contributed by atoms with E-state index in [4.69, 9.17) is 9.72 Å². The lowest BCUT2D eigenvalue weighted by Gasteiger charge is -2.11. The molecule has 176 valence electrons. The number of amides is 1. The van der Waals surface area contributed by atoms with Crippen molar-refractivity contribution < 1.29 is 9.53 Å². The van der Waals surface area contributed by atoms with Crippen molar-refractivity contribution in [3.8, 4) is 5.75 Å². The lowest BCUT2D eigenvalue weighted by atomic mass is 10.1. The predicted molar refractivity (Wildman–Crippen MR) is 137 cm³/mol. The Balaban J connectivity index is 1.21. The summed E-state index contributed by atoms with van der Waals surface area (Å²) in [7, 11) is 0. The van der Waals surface area contributed by atoms with Gasteiger partial charge >= 0.3 is 0 Å². The minimum absolute atomic E-state index is 0.0886. The second kappa shape index (κ2) is 12.6. The van der Waals surface area contributed by atoms with Crippen LogP contribution in [0, 0.1) is 0 Å². The number of rotatable bonds is 13. The summed E-state index contributed by atoms with van der Waals surface area (Å²) in [5.74, 6) is 2.13. The van der Waals surface area contributed by atoms with E-state index < -0.39 is 0 Å². The maximum atomic E-state index is 12.1. The van der Waals surface area contributed by atoms with E-state index in [2.05, 4.69) is 28.1 Å². The van der Waals surface area contributed by atoms with Gasteiger partial charge in [0, 0.05) is 19.5 Å². The summed E-state index contributed by atoms with van der Waals surface area (Å²) in [6.45, 7) is 2.29. The fraction of sp³-hybridized carbons (Fsp3) is 0.310. The molecule has 1 aromatic heterocycles. The number of para-hydroxylation sites is 3. The van der Waals surface area contributed by atoms with Gasteiger partial charge in [0.2, 0.25) is 5.91 Å². The first kappa shape index (κ1) is 23.6. The van der Waals surface area contributed by atoms with Gasteiger partial charge in [-0.2, -0.15) is 0 Å². The van der Waals surface area contributed by atoms with Crippen LogP contribution in [0.3, 0.4) is 0 Å². The molecule has 5 heteroatoms. The first-order chi connectivity index (χ1) is 16.8. The minimum atomic E-state index is 0.0886. The molecular weight excluding hydrogens is 422 g/mol. The van der Waals surface area contributed by atoms with Crippen molar-refractivity contribution in [3.05, 3.63) is 96.3 Å². The summed E-state index contributed by atoms with van der Waals surface area (Å²) in [5, 5.41) is 3.04. The number of ether oxygens (including phenoxy) is 1. The molecule has 0 aliphatic heterocycles. The van der Waals surface area contributed by atoms with Crippen molar-refractivity contribution in [2.45, 2.75) is 45.1 Å². The standard InChI is InChI=1S/C29H33N3O2/c33-29(23-24-13-4-1-5-14-24)30-20-11-3-8-19-28-31-26-17-9-10-18-27(26)32(28)21-12-22-34-25-15-6-2-7-16-25/h1-2,4-7,9-10,13-18H,3,8,11-12,19-23H2,(H,30,33). The Hall–Kier alpha value is -3.60. The van der Waals surface area contributed by atoms with Gasteiger partial charge in [0.15, 0.2) is 0 Å². The van der Waals surface area contributed by atoms with Gasteiger partial charge in [-0.1, -0.05) is 67.1 Å². The summed E-state index contributed by atoms with van der Waals surface area (Å²) in [5.41, 5.74) is 3.29. The second-order valence-electron chi connectivity index (χ2n) is 8.51. The molecule has 4 rings (SSSR count). The zero-order valence-electron chi connectivity index (χ0n) is 19.7. The molecule has 0 fully saturated rings. The van der Waals surface area contributed by atoms with E-state index in [1.807, 2.05) is 66.7 Å². The van der Waals surface area contributed by atoms with Crippen LogP contribution in [0.25, 0.3) is 11.0 Å². The summed E-state index contributed by atoms with van der Waals surface area (Å²) in [6, 6.07) is 28.2. The first-order valence-corrected chi connectivity index (χ1v) is 12.2. The van der Waals surface area contributed by atoms with Crippen LogP contribution < -0.4 is 10.1 Å². The number of benzene rings is 3. The molecule has 0 atom stereocenters. The lowest BCUT2D eigenvalue weighted by Crippen LogP contribution is -2.26. The van der Waals surface area contributed by atoms with E-state index in [1.165, 1.54) is 5.52 Å². The van der Waals surface area contributed by atoms with E-state index in [0.29, 0.717) is 13.0 Å². The predicted octanol–water partition coefficient (Wildman–Crippen LogP) is 5.58. The van der Waals surface area contributed by atoms with Gasteiger partial charge in [-0.05, 0) is 49.1 Å².